The van der Waals surface area contributed by atoms with Crippen molar-refractivity contribution in [3.05, 3.63) is 385 Å². The first-order chi connectivity index (χ1) is 47.7. The third kappa shape index (κ3) is 9.60. The number of benzene rings is 15. The first kappa shape index (κ1) is 56.3. The van der Waals surface area contributed by atoms with Crippen LogP contribution in [0, 0.1) is 0 Å². The predicted molar refractivity (Wildman–Crippen MR) is 405 cm³/mol. The van der Waals surface area contributed by atoms with Gasteiger partial charge in [-0.2, -0.15) is 0 Å². The fraction of sp³-hybridized carbons (Fsp3) is 0.0217. The highest BCUT2D eigenvalue weighted by Gasteiger charge is 2.36. The van der Waals surface area contributed by atoms with Crippen molar-refractivity contribution in [3.63, 3.8) is 0 Å². The van der Waals surface area contributed by atoms with E-state index in [1.54, 1.807) is 0 Å². The summed E-state index contributed by atoms with van der Waals surface area (Å²) in [5.74, 6) is 0. The van der Waals surface area contributed by atoms with Gasteiger partial charge in [0, 0.05) is 68.2 Å². The summed E-state index contributed by atoms with van der Waals surface area (Å²) in [7, 11) is 0. The average molecular weight is 1230 g/mol. The second-order valence-corrected chi connectivity index (χ2v) is 25.0. The molecule has 0 saturated carbocycles. The molecule has 0 fully saturated rings. The van der Waals surface area contributed by atoms with Crippen LogP contribution in [0.5, 0.6) is 0 Å². The highest BCUT2D eigenvalue weighted by atomic mass is 15.2. The summed E-state index contributed by atoms with van der Waals surface area (Å²) in [6.07, 6.45) is 6.77. The normalized spacial score (nSPS) is 12.4. The molecule has 0 aliphatic heterocycles. The number of nitrogens with zero attached hydrogens (tertiary/aromatic N) is 4. The standard InChI is InChI=1S/C92H64N4/c1-9-25-68(26-10-1)93(69-27-11-2-12-28-69)76-51-41-63(42-52-76)84-80-59-49-67-50-60-81-85(64-43-53-77(54-44-64)94(70-29-13-3-14-30-70)71-31-15-4-16-32-71)87(66-47-57-79(58-48-66)96(74-37-21-7-22-38-74)75-39-23-8-24-40-75)83-62-61-82(91-89(80)88(67)90(81)92(83)91)86(84)65-45-55-78(56-46-65)95(72-33-17-5-18-34-72)73-35-19-6-20-36-73/h1-49,51-58,60-62H,50,59H2. The van der Waals surface area contributed by atoms with E-state index in [0.717, 1.165) is 81.1 Å². The van der Waals surface area contributed by atoms with Gasteiger partial charge in [-0.05, 0) is 257 Å². The molecule has 96 heavy (non-hydrogen) atoms. The van der Waals surface area contributed by atoms with E-state index >= 15 is 0 Å². The van der Waals surface area contributed by atoms with E-state index in [4.69, 9.17) is 0 Å². The van der Waals surface area contributed by atoms with E-state index in [2.05, 4.69) is 384 Å². The van der Waals surface area contributed by atoms with Crippen LogP contribution in [0.25, 0.3) is 77.7 Å². The lowest BCUT2D eigenvalue weighted by molar-refractivity contribution is 1.16. The number of allylic oxidation sites excluding steroid dienone is 2. The Hall–Kier alpha value is -12.5. The average Bonchev–Trinajstić information content (AvgIpc) is 1.50. The molecular weight excluding hydrogens is 1160 g/mol. The molecule has 0 radical (unpaired) electrons. The zero-order valence-electron chi connectivity index (χ0n) is 52.8. The third-order valence-electron chi connectivity index (χ3n) is 19.6. The summed E-state index contributed by atoms with van der Waals surface area (Å²) in [5, 5.41) is 7.87. The molecule has 0 heterocycles. The maximum Gasteiger partial charge on any atom is 0.0462 e. The highest BCUT2D eigenvalue weighted by molar-refractivity contribution is 6.28. The van der Waals surface area contributed by atoms with Crippen LogP contribution in [0.2, 0.25) is 0 Å². The van der Waals surface area contributed by atoms with Gasteiger partial charge in [0.1, 0.15) is 0 Å². The maximum absolute atomic E-state index is 2.56. The fourth-order valence-electron chi connectivity index (χ4n) is 15.5. The van der Waals surface area contributed by atoms with E-state index < -0.39 is 0 Å². The lowest BCUT2D eigenvalue weighted by atomic mass is 9.76. The minimum absolute atomic E-state index is 0.817. The lowest BCUT2D eigenvalue weighted by Crippen LogP contribution is -2.33. The Morgan fingerprint density at radius 1 is 0.198 bits per heavy atom. The van der Waals surface area contributed by atoms with Gasteiger partial charge in [-0.3, -0.25) is 0 Å². The zero-order chi connectivity index (χ0) is 63.5. The number of hydrogen-bond acceptors (Lipinski definition) is 4. The molecule has 18 rings (SSSR count). The monoisotopic (exact) mass is 1220 g/mol. The van der Waals surface area contributed by atoms with E-state index in [9.17, 15) is 0 Å². The van der Waals surface area contributed by atoms with Gasteiger partial charge in [0.2, 0.25) is 0 Å². The Morgan fingerprint density at radius 2 is 0.458 bits per heavy atom. The minimum Gasteiger partial charge on any atom is -0.311 e. The van der Waals surface area contributed by atoms with Gasteiger partial charge in [0.15, 0.2) is 0 Å². The lowest BCUT2D eigenvalue weighted by Gasteiger charge is -2.28. The summed E-state index contributed by atoms with van der Waals surface area (Å²) >= 11 is 0. The van der Waals surface area contributed by atoms with Crippen LogP contribution in [0.15, 0.2) is 363 Å². The smallest absolute Gasteiger partial charge is 0.0462 e. The van der Waals surface area contributed by atoms with Crippen LogP contribution < -0.4 is 30.0 Å². The minimum atomic E-state index is 0.817. The van der Waals surface area contributed by atoms with Crippen LogP contribution in [0.4, 0.5) is 68.2 Å². The molecule has 0 unspecified atom stereocenters. The summed E-state index contributed by atoms with van der Waals surface area (Å²) in [6, 6.07) is 128. The number of rotatable bonds is 16. The Morgan fingerprint density at radius 3 is 0.771 bits per heavy atom. The summed E-state index contributed by atoms with van der Waals surface area (Å²) in [4.78, 5) is 9.43. The van der Waals surface area contributed by atoms with Crippen molar-refractivity contribution in [3.8, 4) is 44.5 Å². The first-order valence-electron chi connectivity index (χ1n) is 33.3. The van der Waals surface area contributed by atoms with Gasteiger partial charge >= 0.3 is 0 Å². The molecule has 3 aliphatic carbocycles. The molecule has 4 heteroatoms. The largest absolute Gasteiger partial charge is 0.311 e. The van der Waals surface area contributed by atoms with Crippen molar-refractivity contribution < 1.29 is 0 Å². The molecule has 0 amide bonds. The Kier molecular flexibility index (Phi) is 14.0. The van der Waals surface area contributed by atoms with E-state index in [1.165, 1.54) is 98.8 Å². The van der Waals surface area contributed by atoms with Crippen molar-refractivity contribution in [2.75, 3.05) is 19.6 Å². The van der Waals surface area contributed by atoms with Crippen molar-refractivity contribution in [1.29, 1.82) is 0 Å². The maximum atomic E-state index is 2.56. The topological polar surface area (TPSA) is 13.0 Å². The summed E-state index contributed by atoms with van der Waals surface area (Å²) in [5.41, 5.74) is 28.6. The molecule has 15 aromatic carbocycles. The van der Waals surface area contributed by atoms with E-state index in [-0.39, 0.29) is 0 Å². The van der Waals surface area contributed by atoms with Gasteiger partial charge in [0.25, 0.3) is 0 Å². The van der Waals surface area contributed by atoms with Crippen LogP contribution >= 0.6 is 0 Å². The summed E-state index contributed by atoms with van der Waals surface area (Å²) < 4.78 is 0. The molecule has 0 N–H and O–H groups in total. The molecule has 0 bridgehead atoms. The quantitative estimate of drug-likeness (QED) is 0.0894. The van der Waals surface area contributed by atoms with E-state index in [0.29, 0.717) is 0 Å². The highest BCUT2D eigenvalue weighted by Crippen LogP contribution is 2.54. The molecule has 0 atom stereocenters. The number of hydrogen-bond donors (Lipinski definition) is 0. The van der Waals surface area contributed by atoms with Crippen molar-refractivity contribution >= 4 is 101 Å². The summed E-state index contributed by atoms with van der Waals surface area (Å²) in [6.45, 7) is 0. The number of anilines is 12. The predicted octanol–water partition coefficient (Wildman–Crippen LogP) is 23.7. The second kappa shape index (κ2) is 23.9. The van der Waals surface area contributed by atoms with Gasteiger partial charge < -0.3 is 19.6 Å². The number of para-hydroxylation sites is 8. The molecule has 15 aromatic rings. The van der Waals surface area contributed by atoms with Gasteiger partial charge in [-0.25, -0.2) is 0 Å². The van der Waals surface area contributed by atoms with E-state index in [1.807, 2.05) is 0 Å². The van der Waals surface area contributed by atoms with Crippen LogP contribution in [0.1, 0.15) is 17.5 Å². The Bertz CT molecular complexity index is 5400. The second-order valence-electron chi connectivity index (χ2n) is 25.0. The van der Waals surface area contributed by atoms with Crippen molar-refractivity contribution in [1.82, 2.24) is 0 Å². The molecule has 4 nitrogen and oxygen atoms in total. The first-order valence-corrected chi connectivity index (χ1v) is 33.3. The van der Waals surface area contributed by atoms with Crippen molar-refractivity contribution in [2.45, 2.75) is 12.8 Å². The third-order valence-corrected chi connectivity index (χ3v) is 19.6. The molecule has 3 aliphatic rings. The van der Waals surface area contributed by atoms with Crippen molar-refractivity contribution in [2.24, 2.45) is 0 Å². The molecule has 0 aromatic heterocycles. The van der Waals surface area contributed by atoms with Gasteiger partial charge in [-0.15, -0.1) is 0 Å². The van der Waals surface area contributed by atoms with Crippen LogP contribution in [-0.4, -0.2) is 0 Å². The Balaban J connectivity index is 0.886. The molecule has 452 valence electrons. The Labute approximate surface area is 560 Å². The van der Waals surface area contributed by atoms with Gasteiger partial charge in [0.05, 0.1) is 0 Å². The van der Waals surface area contributed by atoms with Crippen LogP contribution in [0.3, 0.4) is 0 Å². The SMILES string of the molecule is C1=C2CC=c3c(-c4ccc(N(c5ccccc5)c5ccccc5)cc4)c(-c4ccc(N(c5ccccc5)c5ccccc5)cc4)c4ccc5c(-c6ccc(N(c7ccccc7)c7ccccc7)cc6)c(-c6ccc(N(c7ccccc7)c7ccccc7)cc6)c(c6c5c4c3=C26)C1. The molecule has 0 spiro atoms. The molecular formula is C92H64N4. The van der Waals surface area contributed by atoms with Crippen LogP contribution in [-0.2, 0) is 6.42 Å². The van der Waals surface area contributed by atoms with Gasteiger partial charge in [-0.1, -0.05) is 218 Å². The fourth-order valence-corrected chi connectivity index (χ4v) is 15.5. The zero-order valence-corrected chi connectivity index (χ0v) is 52.8. The molecule has 0 saturated heterocycles.